The third kappa shape index (κ3) is 4.32. The summed E-state index contributed by atoms with van der Waals surface area (Å²) in [4.78, 5) is 4.88. The number of rotatable bonds is 8. The van der Waals surface area contributed by atoms with Crippen molar-refractivity contribution in [1.82, 2.24) is 9.38 Å². The molecular weight excluding hydrogens is 426 g/mol. The lowest BCUT2D eigenvalue weighted by molar-refractivity contribution is -0.100. The predicted octanol–water partition coefficient (Wildman–Crippen LogP) is 5.41. The summed E-state index contributed by atoms with van der Waals surface area (Å²) in [6, 6.07) is 22.7. The number of aromatic nitrogens is 2. The van der Waals surface area contributed by atoms with Crippen molar-refractivity contribution >= 4 is 11.3 Å². The molecule has 0 radical (unpaired) electrons. The maximum atomic E-state index is 6.62. The summed E-state index contributed by atoms with van der Waals surface area (Å²) in [5, 5.41) is 3.78. The monoisotopic (exact) mass is 457 g/mol. The molecule has 0 amide bonds. The molecule has 0 spiro atoms. The minimum atomic E-state index is -0.275. The Morgan fingerprint density at radius 1 is 0.912 bits per heavy atom. The molecule has 1 aliphatic rings. The number of pyridine rings is 1. The topological polar surface area (TPSA) is 57.0 Å². The molecule has 4 aromatic rings. The molecule has 6 nitrogen and oxygen atoms in total. The lowest BCUT2D eigenvalue weighted by Gasteiger charge is -2.40. The first kappa shape index (κ1) is 22.6. The number of nitrogens with zero attached hydrogens (tertiary/aromatic N) is 2. The summed E-state index contributed by atoms with van der Waals surface area (Å²) < 4.78 is 20.5. The first-order chi connectivity index (χ1) is 16.7. The molecule has 1 aliphatic heterocycles. The molecule has 176 valence electrons. The summed E-state index contributed by atoms with van der Waals surface area (Å²) in [6.07, 6.45) is 1.56. The number of nitrogens with one attached hydrogen (secondary N) is 1. The second-order valence-electron chi connectivity index (χ2n) is 8.70. The lowest BCUT2D eigenvalue weighted by atomic mass is 9.88. The van der Waals surface area contributed by atoms with Gasteiger partial charge in [0.2, 0.25) is 0 Å². The van der Waals surface area contributed by atoms with Crippen LogP contribution in [0.3, 0.4) is 0 Å². The van der Waals surface area contributed by atoms with E-state index in [2.05, 4.69) is 65.3 Å². The molecule has 2 aromatic heterocycles. The van der Waals surface area contributed by atoms with Crippen LogP contribution in [0.4, 0.5) is 5.69 Å². The first-order valence-electron chi connectivity index (χ1n) is 11.7. The summed E-state index contributed by atoms with van der Waals surface area (Å²) in [5.41, 5.74) is 7.39. The van der Waals surface area contributed by atoms with Gasteiger partial charge in [0, 0.05) is 24.6 Å². The van der Waals surface area contributed by atoms with Gasteiger partial charge < -0.3 is 23.9 Å². The minimum absolute atomic E-state index is 0.103. The molecule has 6 heteroatoms. The molecule has 0 unspecified atom stereocenters. The van der Waals surface area contributed by atoms with Crippen molar-refractivity contribution in [2.45, 2.75) is 38.7 Å². The van der Waals surface area contributed by atoms with Crippen LogP contribution < -0.4 is 5.32 Å². The second kappa shape index (κ2) is 9.97. The van der Waals surface area contributed by atoms with Gasteiger partial charge in [-0.2, -0.15) is 0 Å². The van der Waals surface area contributed by atoms with Crippen LogP contribution in [0.1, 0.15) is 40.2 Å². The van der Waals surface area contributed by atoms with E-state index in [-0.39, 0.29) is 18.2 Å². The summed E-state index contributed by atoms with van der Waals surface area (Å²) in [7, 11) is 1.69. The van der Waals surface area contributed by atoms with E-state index in [4.69, 9.17) is 19.2 Å². The van der Waals surface area contributed by atoms with E-state index in [0.717, 1.165) is 39.4 Å². The highest BCUT2D eigenvalue weighted by Gasteiger charge is 2.40. The number of anilines is 1. The number of imidazole rings is 1. The SMILES string of the molecule is COCCO[C@@H]1c2ccn3c(C)c(C)nc3c2N[C@H](c2ccccc2)[C@H]1OCc1ccccc1. The van der Waals surface area contributed by atoms with Gasteiger partial charge in [0.1, 0.15) is 12.2 Å². The zero-order valence-corrected chi connectivity index (χ0v) is 19.9. The fourth-order valence-corrected chi connectivity index (χ4v) is 4.65. The van der Waals surface area contributed by atoms with Gasteiger partial charge in [-0.3, -0.25) is 0 Å². The maximum absolute atomic E-state index is 6.62. The Morgan fingerprint density at radius 3 is 2.38 bits per heavy atom. The molecule has 0 saturated carbocycles. The molecule has 1 N–H and O–H groups in total. The van der Waals surface area contributed by atoms with Crippen LogP contribution in [0, 0.1) is 13.8 Å². The fraction of sp³-hybridized carbons (Fsp3) is 0.321. The van der Waals surface area contributed by atoms with Gasteiger partial charge in [-0.15, -0.1) is 0 Å². The number of hydrogen-bond acceptors (Lipinski definition) is 5. The average molecular weight is 458 g/mol. The maximum Gasteiger partial charge on any atom is 0.161 e. The minimum Gasteiger partial charge on any atom is -0.382 e. The Kier molecular flexibility index (Phi) is 6.63. The van der Waals surface area contributed by atoms with E-state index >= 15 is 0 Å². The Labute approximate surface area is 200 Å². The summed E-state index contributed by atoms with van der Waals surface area (Å²) in [5.74, 6) is 0. The van der Waals surface area contributed by atoms with Crippen LogP contribution >= 0.6 is 0 Å². The largest absolute Gasteiger partial charge is 0.382 e. The number of aryl methyl sites for hydroxylation is 2. The van der Waals surface area contributed by atoms with Crippen LogP contribution in [-0.2, 0) is 20.8 Å². The van der Waals surface area contributed by atoms with E-state index in [1.165, 1.54) is 0 Å². The van der Waals surface area contributed by atoms with Crippen LogP contribution in [0.25, 0.3) is 5.65 Å². The normalized spacial score (nSPS) is 19.7. The second-order valence-corrected chi connectivity index (χ2v) is 8.70. The van der Waals surface area contributed by atoms with Crippen LogP contribution in [-0.4, -0.2) is 35.8 Å². The Balaban J connectivity index is 1.60. The Morgan fingerprint density at radius 2 is 1.65 bits per heavy atom. The van der Waals surface area contributed by atoms with Gasteiger partial charge >= 0.3 is 0 Å². The quantitative estimate of drug-likeness (QED) is 0.359. The zero-order chi connectivity index (χ0) is 23.5. The fourth-order valence-electron chi connectivity index (χ4n) is 4.65. The van der Waals surface area contributed by atoms with E-state index in [0.29, 0.717) is 19.8 Å². The van der Waals surface area contributed by atoms with Crippen molar-refractivity contribution < 1.29 is 14.2 Å². The van der Waals surface area contributed by atoms with E-state index in [9.17, 15) is 0 Å². The Hall–Kier alpha value is -3.19. The molecule has 0 fully saturated rings. The van der Waals surface area contributed by atoms with Gasteiger partial charge in [-0.25, -0.2) is 4.98 Å². The Bertz CT molecular complexity index is 1240. The molecule has 0 saturated heterocycles. The molecule has 3 atom stereocenters. The van der Waals surface area contributed by atoms with Crippen LogP contribution in [0.2, 0.25) is 0 Å². The molecule has 5 rings (SSSR count). The molecule has 0 aliphatic carbocycles. The van der Waals surface area contributed by atoms with E-state index in [1.54, 1.807) is 7.11 Å². The zero-order valence-electron chi connectivity index (χ0n) is 19.9. The average Bonchev–Trinajstić information content (AvgIpc) is 3.17. The van der Waals surface area contributed by atoms with Gasteiger partial charge in [-0.1, -0.05) is 60.7 Å². The van der Waals surface area contributed by atoms with Crippen molar-refractivity contribution in [3.8, 4) is 0 Å². The van der Waals surface area contributed by atoms with Gasteiger partial charge in [-0.05, 0) is 31.0 Å². The highest BCUT2D eigenvalue weighted by Crippen LogP contribution is 2.44. The number of hydrogen-bond donors (Lipinski definition) is 1. The highest BCUT2D eigenvalue weighted by molar-refractivity contribution is 5.75. The van der Waals surface area contributed by atoms with Crippen molar-refractivity contribution in [1.29, 1.82) is 0 Å². The van der Waals surface area contributed by atoms with Crippen LogP contribution in [0.5, 0.6) is 0 Å². The third-order valence-corrected chi connectivity index (χ3v) is 6.56. The number of methoxy groups -OCH3 is 1. The molecule has 3 heterocycles. The lowest BCUT2D eigenvalue weighted by Crippen LogP contribution is -2.40. The standard InChI is InChI=1S/C28H31N3O3/c1-19-20(2)31-15-14-23-25(28(31)29-19)30-24(22-12-8-5-9-13-22)27(26(23)33-17-16-32-3)34-18-21-10-6-4-7-11-21/h4-15,24,26-27,30H,16-18H2,1-3H3/t24-,26-,27-/m1/s1. The van der Waals surface area contributed by atoms with Crippen molar-refractivity contribution in [3.63, 3.8) is 0 Å². The predicted molar refractivity (Wildman–Crippen MR) is 133 cm³/mol. The molecule has 2 aromatic carbocycles. The van der Waals surface area contributed by atoms with Crippen LogP contribution in [0.15, 0.2) is 72.9 Å². The van der Waals surface area contributed by atoms with E-state index in [1.807, 2.05) is 31.2 Å². The third-order valence-electron chi connectivity index (χ3n) is 6.56. The van der Waals surface area contributed by atoms with E-state index < -0.39 is 0 Å². The highest BCUT2D eigenvalue weighted by atomic mass is 16.6. The first-order valence-corrected chi connectivity index (χ1v) is 11.7. The number of benzene rings is 2. The number of ether oxygens (including phenoxy) is 3. The van der Waals surface area contributed by atoms with Gasteiger partial charge in [0.15, 0.2) is 5.65 Å². The van der Waals surface area contributed by atoms with Gasteiger partial charge in [0.25, 0.3) is 0 Å². The number of fused-ring (bicyclic) bond motifs is 3. The molecular formula is C28H31N3O3. The van der Waals surface area contributed by atoms with Gasteiger partial charge in [0.05, 0.1) is 37.2 Å². The van der Waals surface area contributed by atoms with Crippen molar-refractivity contribution in [2.24, 2.45) is 0 Å². The molecule has 0 bridgehead atoms. The summed E-state index contributed by atoms with van der Waals surface area (Å²) >= 11 is 0. The van der Waals surface area contributed by atoms with Crippen molar-refractivity contribution in [2.75, 3.05) is 25.6 Å². The molecule has 34 heavy (non-hydrogen) atoms. The van der Waals surface area contributed by atoms with Crippen molar-refractivity contribution in [3.05, 3.63) is 101 Å². The summed E-state index contributed by atoms with van der Waals surface area (Å²) in [6.45, 7) is 5.64. The smallest absolute Gasteiger partial charge is 0.161 e.